The largest absolute Gasteiger partial charge is 0.443 e. The number of aromatic nitrogens is 1. The molecular weight excluding hydrogens is 211 g/mol. The van der Waals surface area contributed by atoms with E-state index in [9.17, 15) is 13.2 Å². The monoisotopic (exact) mass is 221 g/mol. The van der Waals surface area contributed by atoms with Crippen LogP contribution in [0, 0.1) is 6.92 Å². The van der Waals surface area contributed by atoms with E-state index in [-0.39, 0.29) is 0 Å². The van der Waals surface area contributed by atoms with E-state index in [1.54, 1.807) is 26.8 Å². The molecule has 0 radical (unpaired) electrons. The fraction of sp³-hybridized carbons (Fsp3) is 0.444. The van der Waals surface area contributed by atoms with Gasteiger partial charge in [0.15, 0.2) is 5.01 Å². The fourth-order valence-corrected chi connectivity index (χ4v) is 1.87. The summed E-state index contributed by atoms with van der Waals surface area (Å²) in [6.45, 7) is 5.18. The smallest absolute Gasteiger partial charge is 0.232 e. The van der Waals surface area contributed by atoms with E-state index in [2.05, 4.69) is 4.98 Å². The van der Waals surface area contributed by atoms with Gasteiger partial charge in [0.25, 0.3) is 0 Å². The van der Waals surface area contributed by atoms with Crippen molar-refractivity contribution in [3.8, 4) is 0 Å². The van der Waals surface area contributed by atoms with Crippen LogP contribution in [0.3, 0.4) is 0 Å². The first kappa shape index (κ1) is 11.2. The molecule has 0 saturated carbocycles. The number of halogens is 3. The molecule has 0 spiro atoms. The molecule has 1 rings (SSSR count). The zero-order valence-corrected chi connectivity index (χ0v) is 8.88. The second-order valence-corrected chi connectivity index (χ2v) is 4.10. The Kier molecular flexibility index (Phi) is 2.99. The molecule has 0 aliphatic carbocycles. The van der Waals surface area contributed by atoms with Crippen molar-refractivity contribution in [2.45, 2.75) is 26.9 Å². The van der Waals surface area contributed by atoms with Gasteiger partial charge in [-0.3, -0.25) is 0 Å². The summed E-state index contributed by atoms with van der Waals surface area (Å²) in [7, 11) is 0. The summed E-state index contributed by atoms with van der Waals surface area (Å²) < 4.78 is 36.8. The standard InChI is InChI=1S/C9H10F3NS/c1-4-5(2)7-6(3)14-8(13-7)9(10,11)12/h4H,1-3H3. The molecule has 0 N–H and O–H groups in total. The van der Waals surface area contributed by atoms with Crippen LogP contribution in [0.5, 0.6) is 0 Å². The maximum atomic E-state index is 12.3. The van der Waals surface area contributed by atoms with Crippen LogP contribution in [-0.4, -0.2) is 4.98 Å². The summed E-state index contributed by atoms with van der Waals surface area (Å²) in [4.78, 5) is 4.18. The van der Waals surface area contributed by atoms with Gasteiger partial charge >= 0.3 is 6.18 Å². The van der Waals surface area contributed by atoms with Crippen LogP contribution in [0.4, 0.5) is 13.2 Å². The third-order valence-electron chi connectivity index (χ3n) is 1.85. The van der Waals surface area contributed by atoms with E-state index in [0.29, 0.717) is 21.9 Å². The van der Waals surface area contributed by atoms with Crippen LogP contribution >= 0.6 is 11.3 Å². The zero-order valence-electron chi connectivity index (χ0n) is 8.07. The normalized spacial score (nSPS) is 13.4. The summed E-state index contributed by atoms with van der Waals surface area (Å²) in [5.41, 5.74) is 1.22. The average molecular weight is 221 g/mol. The first-order valence-electron chi connectivity index (χ1n) is 4.04. The molecule has 1 aromatic heterocycles. The Bertz CT molecular complexity index is 363. The van der Waals surface area contributed by atoms with Gasteiger partial charge in [-0.25, -0.2) is 4.98 Å². The number of nitrogens with zero attached hydrogens (tertiary/aromatic N) is 1. The fourth-order valence-electron chi connectivity index (χ4n) is 1.02. The molecule has 0 aliphatic heterocycles. The van der Waals surface area contributed by atoms with E-state index in [0.717, 1.165) is 5.57 Å². The van der Waals surface area contributed by atoms with Crippen LogP contribution in [-0.2, 0) is 6.18 Å². The van der Waals surface area contributed by atoms with Crippen molar-refractivity contribution in [1.29, 1.82) is 0 Å². The Hall–Kier alpha value is -0.840. The lowest BCUT2D eigenvalue weighted by atomic mass is 10.2. The lowest BCUT2D eigenvalue weighted by molar-refractivity contribution is -0.137. The highest BCUT2D eigenvalue weighted by Crippen LogP contribution is 2.35. The number of rotatable bonds is 1. The highest BCUT2D eigenvalue weighted by Gasteiger charge is 2.35. The third kappa shape index (κ3) is 2.15. The Balaban J connectivity index is 3.18. The molecule has 0 bridgehead atoms. The lowest BCUT2D eigenvalue weighted by Crippen LogP contribution is -2.03. The average Bonchev–Trinajstić information content (AvgIpc) is 2.45. The topological polar surface area (TPSA) is 12.9 Å². The maximum absolute atomic E-state index is 12.3. The quantitative estimate of drug-likeness (QED) is 0.701. The number of hydrogen-bond acceptors (Lipinski definition) is 2. The van der Waals surface area contributed by atoms with E-state index in [4.69, 9.17) is 0 Å². The van der Waals surface area contributed by atoms with Crippen molar-refractivity contribution in [3.63, 3.8) is 0 Å². The highest BCUT2D eigenvalue weighted by atomic mass is 32.1. The molecule has 0 atom stereocenters. The first-order chi connectivity index (χ1) is 6.36. The minimum absolute atomic E-state index is 0.449. The number of allylic oxidation sites excluding steroid dienone is 2. The van der Waals surface area contributed by atoms with Crippen molar-refractivity contribution >= 4 is 16.9 Å². The molecule has 0 aromatic carbocycles. The first-order valence-corrected chi connectivity index (χ1v) is 4.85. The number of aryl methyl sites for hydroxylation is 1. The van der Waals surface area contributed by atoms with Crippen LogP contribution in [0.2, 0.25) is 0 Å². The Morgan fingerprint density at radius 3 is 2.36 bits per heavy atom. The van der Waals surface area contributed by atoms with Crippen molar-refractivity contribution in [1.82, 2.24) is 4.98 Å². The lowest BCUT2D eigenvalue weighted by Gasteiger charge is -1.99. The predicted molar refractivity (Wildman–Crippen MR) is 51.2 cm³/mol. The second kappa shape index (κ2) is 3.73. The van der Waals surface area contributed by atoms with Gasteiger partial charge in [0, 0.05) is 4.88 Å². The van der Waals surface area contributed by atoms with Gasteiger partial charge < -0.3 is 0 Å². The molecule has 5 heteroatoms. The van der Waals surface area contributed by atoms with E-state index < -0.39 is 11.2 Å². The molecule has 0 saturated heterocycles. The number of alkyl halides is 3. The van der Waals surface area contributed by atoms with Gasteiger partial charge in [0.2, 0.25) is 0 Å². The van der Waals surface area contributed by atoms with Crippen molar-refractivity contribution in [2.75, 3.05) is 0 Å². The van der Waals surface area contributed by atoms with Crippen LogP contribution in [0.25, 0.3) is 5.57 Å². The molecule has 1 aromatic rings. The summed E-state index contributed by atoms with van der Waals surface area (Å²) in [5.74, 6) is 0. The van der Waals surface area contributed by atoms with Gasteiger partial charge in [0.1, 0.15) is 0 Å². The summed E-state index contributed by atoms with van der Waals surface area (Å²) >= 11 is 0.688. The van der Waals surface area contributed by atoms with E-state index >= 15 is 0 Å². The van der Waals surface area contributed by atoms with E-state index in [1.165, 1.54) is 0 Å². The summed E-state index contributed by atoms with van der Waals surface area (Å²) in [6.07, 6.45) is -2.58. The minimum atomic E-state index is -4.33. The molecule has 14 heavy (non-hydrogen) atoms. The van der Waals surface area contributed by atoms with Crippen LogP contribution < -0.4 is 0 Å². The molecular formula is C9H10F3NS. The molecule has 0 aliphatic rings. The molecule has 1 heterocycles. The number of hydrogen-bond donors (Lipinski definition) is 0. The molecule has 0 unspecified atom stereocenters. The minimum Gasteiger partial charge on any atom is -0.232 e. The predicted octanol–water partition coefficient (Wildman–Crippen LogP) is 3.89. The molecule has 0 fully saturated rings. The Labute approximate surface area is 84.3 Å². The van der Waals surface area contributed by atoms with Crippen molar-refractivity contribution in [3.05, 3.63) is 21.7 Å². The van der Waals surface area contributed by atoms with Gasteiger partial charge in [-0.05, 0) is 26.3 Å². The SMILES string of the molecule is CC=C(C)c1nc(C(F)(F)F)sc1C. The van der Waals surface area contributed by atoms with Gasteiger partial charge in [-0.15, -0.1) is 11.3 Å². The third-order valence-corrected chi connectivity index (χ3v) is 2.86. The van der Waals surface area contributed by atoms with E-state index in [1.807, 2.05) is 0 Å². The zero-order chi connectivity index (χ0) is 10.9. The maximum Gasteiger partial charge on any atom is 0.443 e. The summed E-state index contributed by atoms with van der Waals surface area (Å²) in [5, 5.41) is -0.772. The second-order valence-electron chi connectivity index (χ2n) is 2.89. The van der Waals surface area contributed by atoms with Gasteiger partial charge in [0.05, 0.1) is 5.69 Å². The Morgan fingerprint density at radius 2 is 2.00 bits per heavy atom. The van der Waals surface area contributed by atoms with Crippen molar-refractivity contribution < 1.29 is 13.2 Å². The highest BCUT2D eigenvalue weighted by molar-refractivity contribution is 7.11. The number of thiazole rings is 1. The van der Waals surface area contributed by atoms with Crippen LogP contribution in [0.1, 0.15) is 29.4 Å². The van der Waals surface area contributed by atoms with Gasteiger partial charge in [-0.2, -0.15) is 13.2 Å². The molecule has 0 amide bonds. The molecule has 78 valence electrons. The molecule has 1 nitrogen and oxygen atoms in total. The van der Waals surface area contributed by atoms with Crippen LogP contribution in [0.15, 0.2) is 6.08 Å². The summed E-state index contributed by atoms with van der Waals surface area (Å²) in [6, 6.07) is 0. The van der Waals surface area contributed by atoms with Crippen molar-refractivity contribution in [2.24, 2.45) is 0 Å². The Morgan fingerprint density at radius 1 is 1.43 bits per heavy atom. The van der Waals surface area contributed by atoms with Gasteiger partial charge in [-0.1, -0.05) is 6.08 Å².